The normalized spacial score (nSPS) is 13.3. The van der Waals surface area contributed by atoms with Gasteiger partial charge in [-0.05, 0) is 96.3 Å². The number of carbonyl (C=O) groups excluding carboxylic acids is 3. The van der Waals surface area contributed by atoms with Crippen molar-refractivity contribution in [2.45, 2.75) is 322 Å². The number of hydrogen-bond acceptors (Lipinski definition) is 8. The van der Waals surface area contributed by atoms with Gasteiger partial charge in [-0.2, -0.15) is 0 Å². The molecule has 0 aromatic rings. The van der Waals surface area contributed by atoms with Gasteiger partial charge in [0.2, 0.25) is 0 Å². The monoisotopic (exact) mass is 1190 g/mol. The fourth-order valence-electron chi connectivity index (χ4n) is 9.93. The van der Waals surface area contributed by atoms with Crippen LogP contribution in [0.3, 0.4) is 0 Å². The van der Waals surface area contributed by atoms with Gasteiger partial charge in [-0.15, -0.1) is 0 Å². The molecule has 9 nitrogen and oxygen atoms in total. The van der Waals surface area contributed by atoms with E-state index in [0.717, 1.165) is 89.9 Å². The van der Waals surface area contributed by atoms with E-state index in [9.17, 15) is 19.5 Å². The predicted octanol–water partition coefficient (Wildman–Crippen LogP) is 20.7. The van der Waals surface area contributed by atoms with Gasteiger partial charge >= 0.3 is 11.9 Å². The number of nitrogens with zero attached hydrogens (tertiary/aromatic N) is 1. The maximum Gasteiger partial charge on any atom is 0.306 e. The molecular weight excluding hydrogens is 1050 g/mol. The lowest BCUT2D eigenvalue weighted by molar-refractivity contribution is -0.870. The third kappa shape index (κ3) is 67.6. The molecule has 0 aromatic heterocycles. The van der Waals surface area contributed by atoms with Crippen molar-refractivity contribution < 1.29 is 42.9 Å². The summed E-state index contributed by atoms with van der Waals surface area (Å²) in [5, 5.41) is 11.8. The standard InChI is InChI=1S/C76H133NO8/c1-6-8-10-12-14-16-18-20-22-24-26-28-30-32-34-36-37-39-41-43-45-47-49-51-53-55-57-59-61-63-65-67-74(79)85-72(71-84-76(75(80)81)82-69-68-77(3,4)5)70-83-73(78)66-64-62-60-58-56-54-52-50-48-46-44-42-40-38-35-33-31-29-27-25-23-21-19-17-15-13-11-9-7-2/h8,10,14,16,20,22,25-28,32,34,37,39,43,45,72,76H,6-7,9,11-13,15,17-19,21,23-24,29-31,33,35-36,38,40-42,44,46-71H2,1-5H3/b10-8-,16-14-,22-20-,27-25-,28-26-,34-32-,39-37-,45-43-. The highest BCUT2D eigenvalue weighted by atomic mass is 16.7. The van der Waals surface area contributed by atoms with Crippen molar-refractivity contribution in [3.05, 3.63) is 97.2 Å². The molecule has 0 bridgehead atoms. The van der Waals surface area contributed by atoms with Gasteiger partial charge < -0.3 is 33.3 Å². The van der Waals surface area contributed by atoms with E-state index in [0.29, 0.717) is 17.4 Å². The lowest BCUT2D eigenvalue weighted by Gasteiger charge is -2.26. The molecule has 490 valence electrons. The number of unbranched alkanes of at least 4 members (excludes halogenated alkanes) is 34. The first-order valence-corrected chi connectivity index (χ1v) is 35.4. The molecule has 0 amide bonds. The van der Waals surface area contributed by atoms with E-state index in [1.54, 1.807) is 0 Å². The highest BCUT2D eigenvalue weighted by Crippen LogP contribution is 2.17. The third-order valence-corrected chi connectivity index (χ3v) is 15.3. The Morgan fingerprint density at radius 3 is 1.01 bits per heavy atom. The third-order valence-electron chi connectivity index (χ3n) is 15.3. The SMILES string of the molecule is CC/C=C\C/C=C\C/C=C\C/C=C\C/C=C\C/C=C\C/C=C\CCCCCCCCCCCC(=O)OC(COC(=O)CCCCCCCCCCCCCCCCCCC/C=C\CCCCCCCCCC)COC(OCC[N+](C)(C)C)C(=O)[O-]. The zero-order valence-electron chi connectivity index (χ0n) is 56.0. The second kappa shape index (κ2) is 66.2. The Morgan fingerprint density at radius 2 is 0.671 bits per heavy atom. The Hall–Kier alpha value is -3.79. The van der Waals surface area contributed by atoms with Gasteiger partial charge in [0.05, 0.1) is 40.3 Å². The molecule has 0 saturated heterocycles. The Bertz CT molecular complexity index is 1720. The fraction of sp³-hybridized carbons (Fsp3) is 0.750. The molecule has 0 fully saturated rings. The molecule has 9 heteroatoms. The minimum Gasteiger partial charge on any atom is -0.545 e. The van der Waals surface area contributed by atoms with Crippen LogP contribution in [0.2, 0.25) is 0 Å². The molecule has 0 aliphatic heterocycles. The average molecular weight is 1190 g/mol. The molecular formula is C76H133NO8. The summed E-state index contributed by atoms with van der Waals surface area (Å²) in [7, 11) is 5.93. The summed E-state index contributed by atoms with van der Waals surface area (Å²) < 4.78 is 22.8. The first-order valence-electron chi connectivity index (χ1n) is 35.4. The van der Waals surface area contributed by atoms with Gasteiger partial charge in [0.1, 0.15) is 13.2 Å². The van der Waals surface area contributed by atoms with E-state index in [1.807, 2.05) is 21.1 Å². The molecule has 0 spiro atoms. The summed E-state index contributed by atoms with van der Waals surface area (Å²) in [6, 6.07) is 0. The molecule has 0 rings (SSSR count). The van der Waals surface area contributed by atoms with Crippen LogP contribution >= 0.6 is 0 Å². The molecule has 0 aromatic carbocycles. The summed E-state index contributed by atoms with van der Waals surface area (Å²) in [4.78, 5) is 37.5. The topological polar surface area (TPSA) is 111 Å². The number of ether oxygens (including phenoxy) is 4. The van der Waals surface area contributed by atoms with Crippen LogP contribution < -0.4 is 5.11 Å². The number of quaternary nitrogens is 1. The maximum absolute atomic E-state index is 12.9. The van der Waals surface area contributed by atoms with Crippen LogP contribution in [0.15, 0.2) is 97.2 Å². The lowest BCUT2D eigenvalue weighted by Crippen LogP contribution is -2.44. The Kier molecular flexibility index (Phi) is 63.2. The number of carbonyl (C=O) groups is 3. The van der Waals surface area contributed by atoms with E-state index >= 15 is 0 Å². The van der Waals surface area contributed by atoms with Crippen molar-refractivity contribution in [2.75, 3.05) is 47.5 Å². The van der Waals surface area contributed by atoms with Gasteiger partial charge in [0, 0.05) is 12.8 Å². The van der Waals surface area contributed by atoms with Crippen LogP contribution in [0.5, 0.6) is 0 Å². The zero-order chi connectivity index (χ0) is 61.9. The quantitative estimate of drug-likeness (QED) is 0.0195. The van der Waals surface area contributed by atoms with E-state index in [1.165, 1.54) is 186 Å². The van der Waals surface area contributed by atoms with Crippen molar-refractivity contribution >= 4 is 17.9 Å². The van der Waals surface area contributed by atoms with Crippen molar-refractivity contribution in [1.29, 1.82) is 0 Å². The van der Waals surface area contributed by atoms with Crippen molar-refractivity contribution in [1.82, 2.24) is 0 Å². The molecule has 85 heavy (non-hydrogen) atoms. The Labute approximate surface area is 524 Å². The number of esters is 2. The van der Waals surface area contributed by atoms with Crippen molar-refractivity contribution in [3.8, 4) is 0 Å². The molecule has 0 N–H and O–H groups in total. The molecule has 0 aliphatic carbocycles. The lowest BCUT2D eigenvalue weighted by atomic mass is 10.0. The van der Waals surface area contributed by atoms with Gasteiger partial charge in [-0.25, -0.2) is 0 Å². The van der Waals surface area contributed by atoms with Crippen LogP contribution in [0.4, 0.5) is 0 Å². The van der Waals surface area contributed by atoms with Gasteiger partial charge in [-0.3, -0.25) is 9.59 Å². The fourth-order valence-corrected chi connectivity index (χ4v) is 9.93. The van der Waals surface area contributed by atoms with Crippen molar-refractivity contribution in [3.63, 3.8) is 0 Å². The number of rotatable bonds is 65. The molecule has 0 heterocycles. The molecule has 2 unspecified atom stereocenters. The van der Waals surface area contributed by atoms with Crippen LogP contribution in [0.25, 0.3) is 0 Å². The van der Waals surface area contributed by atoms with Crippen molar-refractivity contribution in [2.24, 2.45) is 0 Å². The number of hydrogen-bond donors (Lipinski definition) is 0. The van der Waals surface area contributed by atoms with Gasteiger partial charge in [-0.1, -0.05) is 297 Å². The summed E-state index contributed by atoms with van der Waals surface area (Å²) in [6.45, 7) is 4.66. The van der Waals surface area contributed by atoms with E-state index in [4.69, 9.17) is 18.9 Å². The number of likely N-dealkylation sites (N-methyl/N-ethyl adjacent to an activating group) is 1. The Balaban J connectivity index is 4.14. The summed E-state index contributed by atoms with van der Waals surface area (Å²) in [5.74, 6) is -2.28. The first kappa shape index (κ1) is 81.2. The minimum absolute atomic E-state index is 0.143. The Morgan fingerprint density at radius 1 is 0.365 bits per heavy atom. The number of carboxylic acid groups (broad SMARTS) is 1. The van der Waals surface area contributed by atoms with E-state index in [-0.39, 0.29) is 38.6 Å². The summed E-state index contributed by atoms with van der Waals surface area (Å²) >= 11 is 0. The molecule has 0 aliphatic rings. The van der Waals surface area contributed by atoms with E-state index < -0.39 is 24.3 Å². The number of allylic oxidation sites excluding steroid dienone is 16. The maximum atomic E-state index is 12.9. The number of aliphatic carboxylic acids is 1. The molecule has 0 saturated carbocycles. The second-order valence-electron chi connectivity index (χ2n) is 24.8. The van der Waals surface area contributed by atoms with Gasteiger partial charge in [0.15, 0.2) is 12.4 Å². The highest BCUT2D eigenvalue weighted by Gasteiger charge is 2.22. The van der Waals surface area contributed by atoms with Crippen LogP contribution in [-0.4, -0.2) is 82.3 Å². The van der Waals surface area contributed by atoms with Crippen LogP contribution in [0.1, 0.15) is 309 Å². The smallest absolute Gasteiger partial charge is 0.306 e. The minimum atomic E-state index is -1.63. The van der Waals surface area contributed by atoms with Gasteiger partial charge in [0.25, 0.3) is 0 Å². The largest absolute Gasteiger partial charge is 0.545 e. The van der Waals surface area contributed by atoms with Crippen LogP contribution in [-0.2, 0) is 33.3 Å². The van der Waals surface area contributed by atoms with E-state index in [2.05, 4.69) is 111 Å². The molecule has 2 atom stereocenters. The summed E-state index contributed by atoms with van der Waals surface area (Å²) in [6.07, 6.45) is 87.7. The number of carboxylic acids is 1. The highest BCUT2D eigenvalue weighted by molar-refractivity contribution is 5.70. The first-order chi connectivity index (χ1) is 41.6. The van der Waals surface area contributed by atoms with Crippen LogP contribution in [0, 0.1) is 0 Å². The zero-order valence-corrected chi connectivity index (χ0v) is 56.0. The predicted molar refractivity (Wildman–Crippen MR) is 361 cm³/mol. The average Bonchev–Trinajstić information content (AvgIpc) is 3.49. The second-order valence-corrected chi connectivity index (χ2v) is 24.8. The molecule has 0 radical (unpaired) electrons. The summed E-state index contributed by atoms with van der Waals surface area (Å²) in [5.41, 5.74) is 0.